The van der Waals surface area contributed by atoms with E-state index in [1.807, 2.05) is 134 Å². The Morgan fingerprint density at radius 1 is 0.381 bits per heavy atom. The Hall–Kier alpha value is -8.50. The van der Waals surface area contributed by atoms with Gasteiger partial charge in [0.1, 0.15) is 11.6 Å². The zero-order chi connectivity index (χ0) is 75.6. The Kier molecular flexibility index (Phi) is 34.7. The first-order valence-electron chi connectivity index (χ1n) is 34.9. The number of aliphatic carboxylic acids is 2. The Balaban J connectivity index is 0.000000326. The molecule has 8 rings (SSSR count). The van der Waals surface area contributed by atoms with E-state index in [9.17, 15) is 88.6 Å². The standard InChI is InChI=1S/2C40H48FN3O8.Ca/c2*1-25(2)38-37(40(52)43-29-11-7-4-8-12-29)36(26-9-5-3-6-10-26)39(27-13-15-28(41)16-14-27)44(38)20-18-31(46)22-32(47)23-34(49)42-19-17-30(45)21-33(48)24-35(50)51;/h2*3-16,25,30-33,45-48H,17-24H2,1-2H3,(H,42,49)(H,43,52)(H,50,51);/q;;+2/p-2. The number of aliphatic hydroxyl groups excluding tert-OH is 8. The second-order valence-electron chi connectivity index (χ2n) is 26.6. The number of carboxylic acid groups (broad SMARTS) is 2. The summed E-state index contributed by atoms with van der Waals surface area (Å²) in [5.41, 5.74) is 9.16. The number of benzene rings is 6. The number of carbonyl (C=O) groups is 6. The van der Waals surface area contributed by atoms with Gasteiger partial charge >= 0.3 is 37.7 Å². The van der Waals surface area contributed by atoms with Gasteiger partial charge in [-0.05, 0) is 158 Å². The predicted molar refractivity (Wildman–Crippen MR) is 393 cm³/mol. The summed E-state index contributed by atoms with van der Waals surface area (Å²) in [5, 5.41) is 115. The molecule has 0 aliphatic carbocycles. The molecule has 2 heterocycles. The quantitative estimate of drug-likeness (QED) is 0.0166. The summed E-state index contributed by atoms with van der Waals surface area (Å²) < 4.78 is 32.3. The molecule has 4 amide bonds. The van der Waals surface area contributed by atoms with Crippen LogP contribution in [-0.4, -0.2) is 185 Å². The van der Waals surface area contributed by atoms with Crippen molar-refractivity contribution in [3.63, 3.8) is 0 Å². The number of para-hydroxylation sites is 2. The smallest absolute Gasteiger partial charge is 0.550 e. The van der Waals surface area contributed by atoms with Crippen molar-refractivity contribution in [1.29, 1.82) is 0 Å². The maximum atomic E-state index is 14.2. The number of nitrogens with zero attached hydrogens (tertiary/aromatic N) is 2. The molecule has 0 spiro atoms. The zero-order valence-corrected chi connectivity index (χ0v) is 61.7. The molecule has 0 fully saturated rings. The molecule has 0 aliphatic rings. The Morgan fingerprint density at radius 2 is 0.667 bits per heavy atom. The molecule has 25 heteroatoms. The summed E-state index contributed by atoms with van der Waals surface area (Å²) in [7, 11) is 0. The summed E-state index contributed by atoms with van der Waals surface area (Å²) in [6, 6.07) is 49.2. The third-order valence-corrected chi connectivity index (χ3v) is 17.4. The minimum absolute atomic E-state index is 0. The molecule has 0 bridgehead atoms. The molecule has 0 aliphatic heterocycles. The largest absolute Gasteiger partial charge is 2.00 e. The molecule has 8 atom stereocenters. The van der Waals surface area contributed by atoms with E-state index in [1.165, 1.54) is 24.3 Å². The minimum atomic E-state index is -1.43. The van der Waals surface area contributed by atoms with Crippen LogP contribution in [0.3, 0.4) is 0 Å². The van der Waals surface area contributed by atoms with E-state index in [2.05, 4.69) is 21.3 Å². The molecule has 0 saturated carbocycles. The fourth-order valence-corrected chi connectivity index (χ4v) is 12.7. The van der Waals surface area contributed by atoms with E-state index >= 15 is 0 Å². The minimum Gasteiger partial charge on any atom is -0.550 e. The van der Waals surface area contributed by atoms with Gasteiger partial charge in [-0.15, -0.1) is 0 Å². The number of rotatable bonds is 38. The molecule has 0 saturated heterocycles. The van der Waals surface area contributed by atoms with Gasteiger partial charge in [-0.2, -0.15) is 0 Å². The normalized spacial score (nSPS) is 13.6. The van der Waals surface area contributed by atoms with E-state index in [4.69, 9.17) is 0 Å². The van der Waals surface area contributed by atoms with Gasteiger partial charge in [0.05, 0.1) is 84.2 Å². The maximum absolute atomic E-state index is 14.2. The van der Waals surface area contributed by atoms with Crippen molar-refractivity contribution >= 4 is 84.7 Å². The van der Waals surface area contributed by atoms with Gasteiger partial charge < -0.3 is 91.1 Å². The first kappa shape index (κ1) is 85.4. The molecule has 8 unspecified atom stereocenters. The van der Waals surface area contributed by atoms with Crippen LogP contribution in [0.15, 0.2) is 170 Å². The van der Waals surface area contributed by atoms with Gasteiger partial charge in [0.25, 0.3) is 11.8 Å². The van der Waals surface area contributed by atoms with Crippen LogP contribution in [0.5, 0.6) is 0 Å². The van der Waals surface area contributed by atoms with Crippen molar-refractivity contribution < 1.29 is 88.6 Å². The number of hydrogen-bond donors (Lipinski definition) is 12. The number of carboxylic acids is 2. The second-order valence-corrected chi connectivity index (χ2v) is 26.6. The van der Waals surface area contributed by atoms with E-state index < -0.39 is 97.1 Å². The van der Waals surface area contributed by atoms with Crippen LogP contribution in [0, 0.1) is 11.6 Å². The average molecular weight is 1470 g/mol. The first-order valence-corrected chi connectivity index (χ1v) is 34.9. The fourth-order valence-electron chi connectivity index (χ4n) is 12.7. The molecule has 12 N–H and O–H groups in total. The molecule has 22 nitrogen and oxygen atoms in total. The van der Waals surface area contributed by atoms with E-state index in [1.54, 1.807) is 48.5 Å². The van der Waals surface area contributed by atoms with Crippen molar-refractivity contribution in [2.75, 3.05) is 23.7 Å². The number of aromatic nitrogens is 2. The van der Waals surface area contributed by atoms with Crippen LogP contribution in [0.25, 0.3) is 44.8 Å². The Bertz CT molecular complexity index is 3800. The van der Waals surface area contributed by atoms with Gasteiger partial charge in [-0.1, -0.05) is 125 Å². The van der Waals surface area contributed by atoms with Crippen molar-refractivity contribution in [2.45, 2.75) is 179 Å². The predicted octanol–water partition coefficient (Wildman–Crippen LogP) is 7.59. The number of aliphatic hydroxyl groups is 8. The topological polar surface area (TPSA) is 368 Å². The van der Waals surface area contributed by atoms with Gasteiger partial charge in [0.15, 0.2) is 0 Å². The molecule has 2 aromatic heterocycles. The molecule has 8 aromatic rings. The summed E-state index contributed by atoms with van der Waals surface area (Å²) in [6.45, 7) is 8.44. The SMILES string of the molecule is CC(C)c1c(C(=O)Nc2ccccc2)c(-c2ccccc2)c(-c2ccc(F)cc2)n1CCC(O)CC(O)CC(=O)NCCC(O)CC(O)CC(=O)[O-].CC(C)c1c(C(=O)Nc2ccccc2)c(-c2ccccc2)c(-c2ccc(F)cc2)n1CCC(O)CC(O)CC(=O)NCCC(O)CC(O)CC(=O)[O-].[Ca+2]. The molecule has 556 valence electrons. The third kappa shape index (κ3) is 26.5. The monoisotopic (exact) mass is 1470 g/mol. The number of hydrogen-bond acceptors (Lipinski definition) is 16. The Labute approximate surface area is 639 Å². The van der Waals surface area contributed by atoms with Crippen LogP contribution < -0.4 is 31.5 Å². The number of anilines is 2. The molecule has 6 aromatic carbocycles. The third-order valence-electron chi connectivity index (χ3n) is 17.4. The van der Waals surface area contributed by atoms with Crippen LogP contribution in [0.1, 0.15) is 149 Å². The summed E-state index contributed by atoms with van der Waals surface area (Å²) in [5.74, 6) is -5.65. The maximum Gasteiger partial charge on any atom is 2.00 e. The van der Waals surface area contributed by atoms with E-state index in [0.717, 1.165) is 11.1 Å². The van der Waals surface area contributed by atoms with Crippen LogP contribution >= 0.6 is 0 Å². The molecule has 105 heavy (non-hydrogen) atoms. The number of carbonyl (C=O) groups excluding carboxylic acids is 6. The van der Waals surface area contributed by atoms with Crippen LogP contribution in [-0.2, 0) is 32.3 Å². The van der Waals surface area contributed by atoms with Gasteiger partial charge in [0.2, 0.25) is 11.8 Å². The van der Waals surface area contributed by atoms with Gasteiger partial charge in [-0.3, -0.25) is 19.2 Å². The molecule has 0 radical (unpaired) electrons. The van der Waals surface area contributed by atoms with Crippen molar-refractivity contribution in [3.05, 3.63) is 204 Å². The van der Waals surface area contributed by atoms with Crippen molar-refractivity contribution in [3.8, 4) is 44.8 Å². The average Bonchev–Trinajstić information content (AvgIpc) is 1.60. The first-order chi connectivity index (χ1) is 49.7. The number of amides is 4. The molecular weight excluding hydrogens is 1380 g/mol. The Morgan fingerprint density at radius 3 is 0.962 bits per heavy atom. The summed E-state index contributed by atoms with van der Waals surface area (Å²) in [4.78, 5) is 74.5. The van der Waals surface area contributed by atoms with Crippen molar-refractivity contribution in [1.82, 2.24) is 19.8 Å². The summed E-state index contributed by atoms with van der Waals surface area (Å²) >= 11 is 0. The van der Waals surface area contributed by atoms with Crippen LogP contribution in [0.4, 0.5) is 20.2 Å². The van der Waals surface area contributed by atoms with Gasteiger partial charge in [0, 0.05) is 84.8 Å². The van der Waals surface area contributed by atoms with E-state index in [0.29, 0.717) is 67.5 Å². The van der Waals surface area contributed by atoms with E-state index in [-0.39, 0.29) is 152 Å². The molecular formula is C80H94CaF2N6O16. The van der Waals surface area contributed by atoms with Crippen LogP contribution in [0.2, 0.25) is 0 Å². The van der Waals surface area contributed by atoms with Crippen molar-refractivity contribution in [2.24, 2.45) is 0 Å². The fraction of sp³-hybridized carbons (Fsp3) is 0.375. The van der Waals surface area contributed by atoms with Gasteiger partial charge in [-0.25, -0.2) is 8.78 Å². The number of halogens is 2. The number of nitrogens with one attached hydrogen (secondary N) is 4. The zero-order valence-electron chi connectivity index (χ0n) is 59.5. The summed E-state index contributed by atoms with van der Waals surface area (Å²) in [6.07, 6.45) is -11.0. The second kappa shape index (κ2) is 42.6.